The number of carboxylic acid groups (broad SMARTS) is 1. The molecule has 0 spiro atoms. The second-order valence-electron chi connectivity index (χ2n) is 12.3. The highest BCUT2D eigenvalue weighted by Crippen LogP contribution is 2.19. The smallest absolute Gasteiger partial charge is 0.307 e. The van der Waals surface area contributed by atoms with Crippen LogP contribution in [-0.2, 0) is 14.3 Å². The highest BCUT2D eigenvalue weighted by atomic mass is 16.5. The summed E-state index contributed by atoms with van der Waals surface area (Å²) in [6.45, 7) is 5.12. The predicted octanol–water partition coefficient (Wildman–Crippen LogP) is 8.54. The average molecular weight is 513 g/mol. The molecule has 36 heavy (non-hydrogen) atoms. The molecule has 5 heteroatoms. The molecule has 0 saturated carbocycles. The molecule has 0 aromatic heterocycles. The van der Waals surface area contributed by atoms with Crippen molar-refractivity contribution in [2.24, 2.45) is 5.92 Å². The summed E-state index contributed by atoms with van der Waals surface area (Å²) in [4.78, 5) is 23.2. The van der Waals surface area contributed by atoms with E-state index < -0.39 is 12.1 Å². The van der Waals surface area contributed by atoms with Crippen LogP contribution in [0.5, 0.6) is 0 Å². The fourth-order valence-electron chi connectivity index (χ4n) is 4.96. The largest absolute Gasteiger partial charge is 0.481 e. The number of ether oxygens (including phenoxy) is 1. The number of esters is 1. The Morgan fingerprint density at radius 3 is 1.53 bits per heavy atom. The van der Waals surface area contributed by atoms with E-state index in [4.69, 9.17) is 9.84 Å². The van der Waals surface area contributed by atoms with Gasteiger partial charge in [0.1, 0.15) is 6.54 Å². The van der Waals surface area contributed by atoms with Crippen LogP contribution in [0.4, 0.5) is 0 Å². The number of quaternary nitrogens is 1. The maximum absolute atomic E-state index is 12.2. The van der Waals surface area contributed by atoms with Crippen molar-refractivity contribution in [3.05, 3.63) is 0 Å². The molecule has 0 fully saturated rings. The minimum Gasteiger partial charge on any atom is -0.481 e. The molecule has 2 atom stereocenters. The molecule has 0 bridgehead atoms. The van der Waals surface area contributed by atoms with Gasteiger partial charge in [0.25, 0.3) is 0 Å². The van der Waals surface area contributed by atoms with Gasteiger partial charge in [-0.2, -0.15) is 0 Å². The van der Waals surface area contributed by atoms with Crippen LogP contribution in [0, 0.1) is 5.92 Å². The Labute approximate surface area is 224 Å². The van der Waals surface area contributed by atoms with Crippen LogP contribution >= 0.6 is 0 Å². The fourth-order valence-corrected chi connectivity index (χ4v) is 4.96. The van der Waals surface area contributed by atoms with Gasteiger partial charge in [-0.3, -0.25) is 9.59 Å². The number of carbonyl (C=O) groups excluding carboxylic acids is 1. The number of carbonyl (C=O) groups is 2. The van der Waals surface area contributed by atoms with Gasteiger partial charge in [0.2, 0.25) is 0 Å². The van der Waals surface area contributed by atoms with E-state index in [0.29, 0.717) is 23.4 Å². The van der Waals surface area contributed by atoms with Crippen LogP contribution in [0.25, 0.3) is 0 Å². The number of carboxylic acids is 1. The zero-order valence-electron chi connectivity index (χ0n) is 24.8. The minimum atomic E-state index is -0.922. The van der Waals surface area contributed by atoms with Gasteiger partial charge in [0, 0.05) is 6.42 Å². The standard InChI is InChI=1S/C31H61NO4/c1-6-7-8-9-10-11-12-13-14-15-16-17-18-19-20-23-28(2)24-21-22-25-31(35)36-29(26-30(33)34)27-32(3,4)5/h28-29H,6-27H2,1-5H3/p+1. The van der Waals surface area contributed by atoms with Gasteiger partial charge in [0.15, 0.2) is 6.10 Å². The zero-order chi connectivity index (χ0) is 27.1. The molecular weight excluding hydrogens is 450 g/mol. The topological polar surface area (TPSA) is 63.6 Å². The lowest BCUT2D eigenvalue weighted by Gasteiger charge is -2.28. The SMILES string of the molecule is CCCCCCCCCCCCCCCCCC(C)CCCCC(=O)OC(CC(=O)O)C[N+](C)(C)C. The van der Waals surface area contributed by atoms with Gasteiger partial charge in [0.05, 0.1) is 27.6 Å². The number of hydrogen-bond acceptors (Lipinski definition) is 3. The lowest BCUT2D eigenvalue weighted by molar-refractivity contribution is -0.873. The van der Waals surface area contributed by atoms with Gasteiger partial charge >= 0.3 is 11.9 Å². The summed E-state index contributed by atoms with van der Waals surface area (Å²) in [5.74, 6) is -0.473. The summed E-state index contributed by atoms with van der Waals surface area (Å²) in [6.07, 6.45) is 25.1. The number of rotatable bonds is 26. The monoisotopic (exact) mass is 512 g/mol. The molecule has 0 radical (unpaired) electrons. The summed E-state index contributed by atoms with van der Waals surface area (Å²) in [6, 6.07) is 0. The lowest BCUT2D eigenvalue weighted by Crippen LogP contribution is -2.43. The Hall–Kier alpha value is -1.10. The number of likely N-dealkylation sites (N-methyl/N-ethyl adjacent to an activating group) is 1. The first-order valence-electron chi connectivity index (χ1n) is 15.4. The number of aliphatic carboxylic acids is 1. The molecule has 0 aliphatic carbocycles. The van der Waals surface area contributed by atoms with E-state index in [2.05, 4.69) is 13.8 Å². The fraction of sp³-hybridized carbons (Fsp3) is 0.935. The Kier molecular flexibility index (Phi) is 22.3. The van der Waals surface area contributed by atoms with Gasteiger partial charge < -0.3 is 14.3 Å². The maximum atomic E-state index is 12.2. The molecule has 214 valence electrons. The Bertz CT molecular complexity index is 529. The molecule has 0 saturated heterocycles. The van der Waals surface area contributed by atoms with Crippen molar-refractivity contribution in [2.75, 3.05) is 27.7 Å². The highest BCUT2D eigenvalue weighted by molar-refractivity contribution is 5.71. The van der Waals surface area contributed by atoms with Crippen molar-refractivity contribution in [2.45, 2.75) is 155 Å². The molecule has 0 aromatic carbocycles. The van der Waals surface area contributed by atoms with E-state index in [1.807, 2.05) is 21.1 Å². The van der Waals surface area contributed by atoms with E-state index in [-0.39, 0.29) is 12.4 Å². The normalized spacial score (nSPS) is 13.5. The van der Waals surface area contributed by atoms with Crippen LogP contribution in [0.15, 0.2) is 0 Å². The molecular formula is C31H62NO4+. The number of hydrogen-bond donors (Lipinski definition) is 1. The van der Waals surface area contributed by atoms with Crippen LogP contribution in [0.2, 0.25) is 0 Å². The van der Waals surface area contributed by atoms with E-state index >= 15 is 0 Å². The molecule has 0 amide bonds. The second kappa shape index (κ2) is 23.0. The summed E-state index contributed by atoms with van der Waals surface area (Å²) in [5, 5.41) is 9.08. The first-order valence-corrected chi connectivity index (χ1v) is 15.4. The van der Waals surface area contributed by atoms with Crippen LogP contribution in [-0.4, -0.2) is 55.3 Å². The summed E-state index contributed by atoms with van der Waals surface area (Å²) in [5.41, 5.74) is 0. The molecule has 0 aliphatic heterocycles. The van der Waals surface area contributed by atoms with Crippen molar-refractivity contribution in [3.63, 3.8) is 0 Å². The van der Waals surface area contributed by atoms with Gasteiger partial charge in [-0.15, -0.1) is 0 Å². The highest BCUT2D eigenvalue weighted by Gasteiger charge is 2.24. The second-order valence-corrected chi connectivity index (χ2v) is 12.3. The molecule has 1 N–H and O–H groups in total. The average Bonchev–Trinajstić information content (AvgIpc) is 2.77. The van der Waals surface area contributed by atoms with E-state index in [1.165, 1.54) is 103 Å². The molecule has 0 aromatic rings. The number of unbranched alkanes of at least 4 members (excludes halogenated alkanes) is 15. The van der Waals surface area contributed by atoms with E-state index in [9.17, 15) is 9.59 Å². The third-order valence-corrected chi connectivity index (χ3v) is 7.08. The molecule has 2 unspecified atom stereocenters. The first-order chi connectivity index (χ1) is 17.1. The van der Waals surface area contributed by atoms with Crippen LogP contribution < -0.4 is 0 Å². The summed E-state index contributed by atoms with van der Waals surface area (Å²) in [7, 11) is 5.92. The van der Waals surface area contributed by atoms with Gasteiger partial charge in [-0.25, -0.2) is 0 Å². The van der Waals surface area contributed by atoms with Crippen molar-refractivity contribution < 1.29 is 23.9 Å². The van der Waals surface area contributed by atoms with E-state index in [0.717, 1.165) is 19.3 Å². The molecule has 0 aliphatic rings. The zero-order valence-corrected chi connectivity index (χ0v) is 24.8. The van der Waals surface area contributed by atoms with Crippen LogP contribution in [0.3, 0.4) is 0 Å². The predicted molar refractivity (Wildman–Crippen MR) is 152 cm³/mol. The van der Waals surface area contributed by atoms with Crippen molar-refractivity contribution >= 4 is 11.9 Å². The third-order valence-electron chi connectivity index (χ3n) is 7.08. The Morgan fingerprint density at radius 2 is 1.11 bits per heavy atom. The Balaban J connectivity index is 3.58. The molecule has 0 rings (SSSR count). The Morgan fingerprint density at radius 1 is 0.694 bits per heavy atom. The first kappa shape index (κ1) is 34.9. The van der Waals surface area contributed by atoms with Gasteiger partial charge in [-0.05, 0) is 12.3 Å². The summed E-state index contributed by atoms with van der Waals surface area (Å²) < 4.78 is 6.04. The summed E-state index contributed by atoms with van der Waals surface area (Å²) >= 11 is 0. The molecule has 0 heterocycles. The quantitative estimate of drug-likeness (QED) is 0.0716. The third kappa shape index (κ3) is 26.0. The van der Waals surface area contributed by atoms with Gasteiger partial charge in [-0.1, -0.05) is 129 Å². The number of nitrogens with zero attached hydrogens (tertiary/aromatic N) is 1. The minimum absolute atomic E-state index is 0.127. The van der Waals surface area contributed by atoms with E-state index in [1.54, 1.807) is 0 Å². The maximum Gasteiger partial charge on any atom is 0.307 e. The van der Waals surface area contributed by atoms with Crippen molar-refractivity contribution in [1.82, 2.24) is 0 Å². The van der Waals surface area contributed by atoms with Crippen LogP contribution in [0.1, 0.15) is 149 Å². The van der Waals surface area contributed by atoms with Crippen molar-refractivity contribution in [3.8, 4) is 0 Å². The van der Waals surface area contributed by atoms with Crippen molar-refractivity contribution in [1.29, 1.82) is 0 Å². The molecule has 5 nitrogen and oxygen atoms in total. The lowest BCUT2D eigenvalue weighted by atomic mass is 9.96.